The van der Waals surface area contributed by atoms with Crippen molar-refractivity contribution in [2.45, 2.75) is 19.4 Å². The second kappa shape index (κ2) is 5.78. The summed E-state index contributed by atoms with van der Waals surface area (Å²) in [7, 11) is 0. The minimum absolute atomic E-state index is 0.0683. The molecule has 0 saturated carbocycles. The predicted molar refractivity (Wildman–Crippen MR) is 83.0 cm³/mol. The fourth-order valence-electron chi connectivity index (χ4n) is 2.46. The van der Waals surface area contributed by atoms with Gasteiger partial charge in [0.1, 0.15) is 5.75 Å². The van der Waals surface area contributed by atoms with E-state index >= 15 is 0 Å². The third kappa shape index (κ3) is 3.03. The van der Waals surface area contributed by atoms with E-state index in [1.54, 1.807) is 6.07 Å². The minimum Gasteiger partial charge on any atom is -0.493 e. The monoisotopic (exact) mass is 301 g/mol. The van der Waals surface area contributed by atoms with E-state index in [1.165, 1.54) is 0 Å². The normalized spacial score (nSPS) is 16.8. The van der Waals surface area contributed by atoms with Crippen LogP contribution in [0.2, 0.25) is 5.02 Å². The molecule has 1 unspecified atom stereocenters. The van der Waals surface area contributed by atoms with E-state index < -0.39 is 0 Å². The summed E-state index contributed by atoms with van der Waals surface area (Å²) in [5.74, 6) is 0.715. The van der Waals surface area contributed by atoms with E-state index in [1.807, 2.05) is 43.3 Å². The Balaban J connectivity index is 1.81. The molecule has 0 spiro atoms. The Kier molecular flexibility index (Phi) is 3.84. The Labute approximate surface area is 128 Å². The van der Waals surface area contributed by atoms with Crippen LogP contribution in [-0.4, -0.2) is 12.5 Å². The molecule has 0 bridgehead atoms. The van der Waals surface area contributed by atoms with Crippen molar-refractivity contribution in [3.05, 3.63) is 64.2 Å². The van der Waals surface area contributed by atoms with Crippen LogP contribution in [-0.2, 0) is 0 Å². The molecule has 21 heavy (non-hydrogen) atoms. The van der Waals surface area contributed by atoms with Gasteiger partial charge in [-0.3, -0.25) is 4.79 Å². The number of rotatable bonds is 2. The number of halogens is 1. The molecule has 0 radical (unpaired) electrons. The summed E-state index contributed by atoms with van der Waals surface area (Å²) in [5.41, 5.74) is 2.74. The molecule has 0 fully saturated rings. The molecule has 3 rings (SSSR count). The summed E-state index contributed by atoms with van der Waals surface area (Å²) in [5, 5.41) is 3.71. The van der Waals surface area contributed by atoms with Gasteiger partial charge in [-0.2, -0.15) is 0 Å². The van der Waals surface area contributed by atoms with Crippen LogP contribution in [0.3, 0.4) is 0 Å². The van der Waals surface area contributed by atoms with Crippen LogP contribution in [0.15, 0.2) is 42.5 Å². The van der Waals surface area contributed by atoms with Crippen molar-refractivity contribution in [2.24, 2.45) is 0 Å². The second-order valence-corrected chi connectivity index (χ2v) is 5.65. The van der Waals surface area contributed by atoms with E-state index in [9.17, 15) is 4.79 Å². The first-order valence-corrected chi connectivity index (χ1v) is 7.31. The van der Waals surface area contributed by atoms with Crippen molar-refractivity contribution in [3.8, 4) is 5.75 Å². The number of hydrogen-bond acceptors (Lipinski definition) is 2. The molecule has 1 N–H and O–H groups in total. The molecule has 4 heteroatoms. The number of hydrogen-bond donors (Lipinski definition) is 1. The zero-order valence-corrected chi connectivity index (χ0v) is 12.5. The van der Waals surface area contributed by atoms with Crippen LogP contribution in [0.5, 0.6) is 5.75 Å². The molecule has 0 aliphatic carbocycles. The summed E-state index contributed by atoms with van der Waals surface area (Å²) >= 11 is 6.04. The lowest BCUT2D eigenvalue weighted by molar-refractivity contribution is 0.0925. The van der Waals surface area contributed by atoms with Crippen molar-refractivity contribution in [2.75, 3.05) is 6.61 Å². The van der Waals surface area contributed by atoms with Gasteiger partial charge in [-0.1, -0.05) is 29.3 Å². The molecule has 1 aliphatic heterocycles. The molecule has 0 aromatic heterocycles. The molecule has 1 heterocycles. The Morgan fingerprint density at radius 2 is 2.00 bits per heavy atom. The van der Waals surface area contributed by atoms with E-state index in [0.717, 1.165) is 23.3 Å². The van der Waals surface area contributed by atoms with Gasteiger partial charge in [0.25, 0.3) is 5.91 Å². The number of ether oxygens (including phenoxy) is 1. The van der Waals surface area contributed by atoms with Crippen molar-refractivity contribution >= 4 is 17.5 Å². The van der Waals surface area contributed by atoms with E-state index in [-0.39, 0.29) is 11.9 Å². The first kappa shape index (κ1) is 14.0. The number of benzene rings is 2. The maximum absolute atomic E-state index is 12.3. The van der Waals surface area contributed by atoms with Gasteiger partial charge in [-0.25, -0.2) is 0 Å². The molecule has 2 aromatic rings. The summed E-state index contributed by atoms with van der Waals surface area (Å²) in [6, 6.07) is 13.0. The highest BCUT2D eigenvalue weighted by atomic mass is 35.5. The third-order valence-electron chi connectivity index (χ3n) is 3.63. The Morgan fingerprint density at radius 3 is 2.76 bits per heavy atom. The van der Waals surface area contributed by atoms with Gasteiger partial charge in [-0.05, 0) is 37.3 Å². The van der Waals surface area contributed by atoms with Crippen molar-refractivity contribution < 1.29 is 9.53 Å². The molecule has 108 valence electrons. The van der Waals surface area contributed by atoms with E-state index in [2.05, 4.69) is 5.32 Å². The fraction of sp³-hybridized carbons (Fsp3) is 0.235. The van der Waals surface area contributed by atoms with Gasteiger partial charge in [0.15, 0.2) is 0 Å². The summed E-state index contributed by atoms with van der Waals surface area (Å²) in [6.45, 7) is 2.59. The molecular weight excluding hydrogens is 286 g/mol. The standard InChI is InChI=1S/C17H16ClNO2/c1-11-2-4-12(5-3-11)17(20)19-15-8-9-21-16-7-6-13(18)10-14(15)16/h2-7,10,15H,8-9H2,1H3,(H,19,20). The molecule has 1 atom stereocenters. The largest absolute Gasteiger partial charge is 0.493 e. The van der Waals surface area contributed by atoms with Gasteiger partial charge in [0.2, 0.25) is 0 Å². The molecule has 1 aliphatic rings. The minimum atomic E-state index is -0.0761. The summed E-state index contributed by atoms with van der Waals surface area (Å²) in [6.07, 6.45) is 0.741. The molecular formula is C17H16ClNO2. The molecule has 1 amide bonds. The fourth-order valence-corrected chi connectivity index (χ4v) is 2.64. The van der Waals surface area contributed by atoms with E-state index in [4.69, 9.17) is 16.3 Å². The van der Waals surface area contributed by atoms with Crippen molar-refractivity contribution in [1.29, 1.82) is 0 Å². The average molecular weight is 302 g/mol. The first-order valence-electron chi connectivity index (χ1n) is 6.93. The maximum Gasteiger partial charge on any atom is 0.251 e. The van der Waals surface area contributed by atoms with Gasteiger partial charge in [-0.15, -0.1) is 0 Å². The molecule has 2 aromatic carbocycles. The van der Waals surface area contributed by atoms with Crippen molar-refractivity contribution in [3.63, 3.8) is 0 Å². The highest BCUT2D eigenvalue weighted by Crippen LogP contribution is 2.34. The number of aryl methyl sites for hydroxylation is 1. The Hall–Kier alpha value is -2.00. The number of fused-ring (bicyclic) bond motifs is 1. The Bertz CT molecular complexity index is 667. The van der Waals surface area contributed by atoms with Crippen LogP contribution >= 0.6 is 11.6 Å². The topological polar surface area (TPSA) is 38.3 Å². The number of nitrogens with one attached hydrogen (secondary N) is 1. The van der Waals surface area contributed by atoms with Crippen LogP contribution in [0.4, 0.5) is 0 Å². The third-order valence-corrected chi connectivity index (χ3v) is 3.87. The SMILES string of the molecule is Cc1ccc(C(=O)NC2CCOc3ccc(Cl)cc32)cc1. The van der Waals surface area contributed by atoms with Crippen LogP contribution in [0.1, 0.15) is 33.9 Å². The zero-order valence-electron chi connectivity index (χ0n) is 11.7. The van der Waals surface area contributed by atoms with Crippen LogP contribution in [0, 0.1) is 6.92 Å². The second-order valence-electron chi connectivity index (χ2n) is 5.21. The van der Waals surface area contributed by atoms with Gasteiger partial charge >= 0.3 is 0 Å². The number of carbonyl (C=O) groups is 1. The lowest BCUT2D eigenvalue weighted by Crippen LogP contribution is -2.32. The van der Waals surface area contributed by atoms with E-state index in [0.29, 0.717) is 17.2 Å². The van der Waals surface area contributed by atoms with Gasteiger partial charge in [0, 0.05) is 22.6 Å². The lowest BCUT2D eigenvalue weighted by atomic mass is 10.00. The quantitative estimate of drug-likeness (QED) is 0.913. The highest BCUT2D eigenvalue weighted by Gasteiger charge is 2.23. The Morgan fingerprint density at radius 1 is 1.24 bits per heavy atom. The average Bonchev–Trinajstić information content (AvgIpc) is 2.48. The number of carbonyl (C=O) groups excluding carboxylic acids is 1. The number of amides is 1. The maximum atomic E-state index is 12.3. The lowest BCUT2D eigenvalue weighted by Gasteiger charge is -2.27. The van der Waals surface area contributed by atoms with Crippen molar-refractivity contribution in [1.82, 2.24) is 5.32 Å². The molecule has 3 nitrogen and oxygen atoms in total. The predicted octanol–water partition coefficient (Wildman–Crippen LogP) is 3.90. The summed E-state index contributed by atoms with van der Waals surface area (Å²) < 4.78 is 5.60. The highest BCUT2D eigenvalue weighted by molar-refractivity contribution is 6.30. The zero-order chi connectivity index (χ0) is 14.8. The smallest absolute Gasteiger partial charge is 0.251 e. The van der Waals surface area contributed by atoms with Crippen LogP contribution in [0.25, 0.3) is 0 Å². The van der Waals surface area contributed by atoms with Gasteiger partial charge in [0.05, 0.1) is 12.6 Å². The van der Waals surface area contributed by atoms with Gasteiger partial charge < -0.3 is 10.1 Å². The van der Waals surface area contributed by atoms with Crippen LogP contribution < -0.4 is 10.1 Å². The molecule has 0 saturated heterocycles. The summed E-state index contributed by atoms with van der Waals surface area (Å²) in [4.78, 5) is 12.3. The first-order chi connectivity index (χ1) is 10.1.